The van der Waals surface area contributed by atoms with Gasteiger partial charge in [0.05, 0.1) is 6.10 Å². The van der Waals surface area contributed by atoms with E-state index in [9.17, 15) is 0 Å². The Balaban J connectivity index is 0.00000341. The van der Waals surface area contributed by atoms with Crippen LogP contribution >= 0.6 is 24.0 Å². The Labute approximate surface area is 203 Å². The van der Waals surface area contributed by atoms with E-state index < -0.39 is 0 Å². The number of halogens is 1. The Morgan fingerprint density at radius 2 is 1.87 bits per heavy atom. The van der Waals surface area contributed by atoms with E-state index in [1.54, 1.807) is 7.11 Å². The van der Waals surface area contributed by atoms with Crippen molar-refractivity contribution in [1.82, 2.24) is 10.2 Å². The van der Waals surface area contributed by atoms with Crippen LogP contribution in [0.2, 0.25) is 0 Å². The molecule has 0 radical (unpaired) electrons. The van der Waals surface area contributed by atoms with Gasteiger partial charge in [-0.15, -0.1) is 24.0 Å². The molecule has 1 N–H and O–H groups in total. The first kappa shape index (κ1) is 26.0. The Bertz CT molecular complexity index is 706. The van der Waals surface area contributed by atoms with Crippen molar-refractivity contribution < 1.29 is 18.9 Å². The van der Waals surface area contributed by atoms with Crippen LogP contribution in [0.5, 0.6) is 11.5 Å². The number of fused-ring (bicyclic) bond motifs is 1. The molecule has 2 aliphatic heterocycles. The number of nitrogens with zero attached hydrogens (tertiary/aromatic N) is 2. The van der Waals surface area contributed by atoms with Crippen molar-refractivity contribution >= 4 is 29.9 Å². The van der Waals surface area contributed by atoms with Gasteiger partial charge in [0.15, 0.2) is 17.5 Å². The summed E-state index contributed by atoms with van der Waals surface area (Å²) in [5.41, 5.74) is 1.15. The molecule has 0 spiro atoms. The predicted octanol–water partition coefficient (Wildman–Crippen LogP) is 3.45. The molecule has 0 bridgehead atoms. The SMILES string of the molecule is CN=C(NCC(C)(C)c1ccc2c(c1)OCCO2)N1CCC(OCCCOC)CC1.I. The third-order valence-electron chi connectivity index (χ3n) is 5.81. The molecule has 0 aliphatic carbocycles. The second kappa shape index (κ2) is 12.7. The number of guanidine groups is 1. The van der Waals surface area contributed by atoms with Gasteiger partial charge in [0.25, 0.3) is 0 Å². The number of aliphatic imine (C=N–C) groups is 1. The number of ether oxygens (including phenoxy) is 4. The van der Waals surface area contributed by atoms with Gasteiger partial charge in [-0.25, -0.2) is 0 Å². The fourth-order valence-corrected chi connectivity index (χ4v) is 3.89. The van der Waals surface area contributed by atoms with Crippen LogP contribution in [-0.2, 0) is 14.9 Å². The van der Waals surface area contributed by atoms with E-state index in [2.05, 4.69) is 41.2 Å². The van der Waals surface area contributed by atoms with Crippen molar-refractivity contribution in [3.8, 4) is 11.5 Å². The first-order chi connectivity index (χ1) is 14.5. The van der Waals surface area contributed by atoms with Gasteiger partial charge in [0.1, 0.15) is 13.2 Å². The Morgan fingerprint density at radius 3 is 2.55 bits per heavy atom. The first-order valence-electron chi connectivity index (χ1n) is 11.0. The number of nitrogens with one attached hydrogen (secondary N) is 1. The number of benzene rings is 1. The van der Waals surface area contributed by atoms with E-state index in [-0.39, 0.29) is 29.4 Å². The lowest BCUT2D eigenvalue weighted by Crippen LogP contribution is -2.49. The van der Waals surface area contributed by atoms with E-state index in [4.69, 9.17) is 18.9 Å². The molecule has 8 heteroatoms. The Hall–Kier alpha value is -1.26. The molecule has 2 heterocycles. The van der Waals surface area contributed by atoms with Crippen LogP contribution < -0.4 is 14.8 Å². The lowest BCUT2D eigenvalue weighted by atomic mass is 9.84. The number of hydrogen-bond donors (Lipinski definition) is 1. The molecule has 3 rings (SSSR count). The van der Waals surface area contributed by atoms with E-state index in [1.807, 2.05) is 13.1 Å². The molecule has 0 aromatic heterocycles. The van der Waals surface area contributed by atoms with Crippen LogP contribution in [0.1, 0.15) is 38.7 Å². The van der Waals surface area contributed by atoms with Gasteiger partial charge in [-0.3, -0.25) is 4.99 Å². The number of likely N-dealkylation sites (tertiary alicyclic amines) is 1. The minimum absolute atomic E-state index is 0. The quantitative estimate of drug-likeness (QED) is 0.233. The summed E-state index contributed by atoms with van der Waals surface area (Å²) >= 11 is 0. The van der Waals surface area contributed by atoms with Crippen molar-refractivity contribution in [2.75, 3.05) is 60.2 Å². The third-order valence-corrected chi connectivity index (χ3v) is 5.81. The van der Waals surface area contributed by atoms with Crippen LogP contribution in [0.15, 0.2) is 23.2 Å². The zero-order chi connectivity index (χ0) is 21.4. The molecular weight excluding hydrogens is 509 g/mol. The van der Waals surface area contributed by atoms with Crippen LogP contribution in [0, 0.1) is 0 Å². The molecule has 1 aromatic rings. The van der Waals surface area contributed by atoms with Crippen LogP contribution in [0.4, 0.5) is 0 Å². The summed E-state index contributed by atoms with van der Waals surface area (Å²) in [6.07, 6.45) is 3.35. The van der Waals surface area contributed by atoms with Gasteiger partial charge in [0.2, 0.25) is 0 Å². The molecule has 31 heavy (non-hydrogen) atoms. The fourth-order valence-electron chi connectivity index (χ4n) is 3.89. The van der Waals surface area contributed by atoms with E-state index in [1.165, 1.54) is 5.56 Å². The topological polar surface area (TPSA) is 64.6 Å². The standard InChI is InChI=1S/C23H37N3O4.HI/c1-23(2,18-6-7-20-21(16-18)30-15-14-29-20)17-25-22(24-3)26-10-8-19(9-11-26)28-13-5-12-27-4;/h6-7,16,19H,5,8-15,17H2,1-4H3,(H,24,25);1H. The monoisotopic (exact) mass is 547 g/mol. The normalized spacial score (nSPS) is 17.3. The molecule has 1 aromatic carbocycles. The molecule has 0 atom stereocenters. The number of hydrogen-bond acceptors (Lipinski definition) is 5. The molecule has 0 unspecified atom stereocenters. The Kier molecular flexibility index (Phi) is 10.6. The summed E-state index contributed by atoms with van der Waals surface area (Å²) in [5, 5.41) is 3.58. The molecule has 1 saturated heterocycles. The highest BCUT2D eigenvalue weighted by atomic mass is 127. The highest BCUT2D eigenvalue weighted by Crippen LogP contribution is 2.35. The molecule has 1 fully saturated rings. The maximum Gasteiger partial charge on any atom is 0.193 e. The third kappa shape index (κ3) is 7.39. The zero-order valence-electron chi connectivity index (χ0n) is 19.3. The second-order valence-corrected chi connectivity index (χ2v) is 8.55. The van der Waals surface area contributed by atoms with Gasteiger partial charge < -0.3 is 29.2 Å². The van der Waals surface area contributed by atoms with Gasteiger partial charge in [0, 0.05) is 52.4 Å². The number of methoxy groups -OCH3 is 1. The lowest BCUT2D eigenvalue weighted by molar-refractivity contribution is 0.00987. The van der Waals surface area contributed by atoms with Crippen molar-refractivity contribution in [3.63, 3.8) is 0 Å². The molecule has 7 nitrogen and oxygen atoms in total. The van der Waals surface area contributed by atoms with Gasteiger partial charge in [-0.1, -0.05) is 19.9 Å². The van der Waals surface area contributed by atoms with Crippen LogP contribution in [0.3, 0.4) is 0 Å². The van der Waals surface area contributed by atoms with E-state index in [0.717, 1.165) is 69.6 Å². The lowest BCUT2D eigenvalue weighted by Gasteiger charge is -2.36. The number of rotatable bonds is 8. The van der Waals surface area contributed by atoms with E-state index in [0.29, 0.717) is 19.3 Å². The van der Waals surface area contributed by atoms with Crippen LogP contribution in [-0.4, -0.2) is 77.2 Å². The molecule has 0 saturated carbocycles. The summed E-state index contributed by atoms with van der Waals surface area (Å²) in [6, 6.07) is 6.24. The summed E-state index contributed by atoms with van der Waals surface area (Å²) in [6.45, 7) is 9.92. The average Bonchev–Trinajstić information content (AvgIpc) is 2.77. The van der Waals surface area contributed by atoms with E-state index >= 15 is 0 Å². The molecule has 0 amide bonds. The molecule has 2 aliphatic rings. The average molecular weight is 547 g/mol. The summed E-state index contributed by atoms with van der Waals surface area (Å²) in [7, 11) is 3.58. The summed E-state index contributed by atoms with van der Waals surface area (Å²) in [5.74, 6) is 2.62. The largest absolute Gasteiger partial charge is 0.486 e. The maximum atomic E-state index is 5.98. The smallest absolute Gasteiger partial charge is 0.193 e. The summed E-state index contributed by atoms with van der Waals surface area (Å²) < 4.78 is 22.5. The highest BCUT2D eigenvalue weighted by Gasteiger charge is 2.26. The Morgan fingerprint density at radius 1 is 1.16 bits per heavy atom. The second-order valence-electron chi connectivity index (χ2n) is 8.55. The van der Waals surface area contributed by atoms with Crippen molar-refractivity contribution in [2.45, 2.75) is 44.6 Å². The minimum Gasteiger partial charge on any atom is -0.486 e. The van der Waals surface area contributed by atoms with Gasteiger partial charge in [-0.2, -0.15) is 0 Å². The fraction of sp³-hybridized carbons (Fsp3) is 0.696. The maximum absolute atomic E-state index is 5.98. The highest BCUT2D eigenvalue weighted by molar-refractivity contribution is 14.0. The molecule has 176 valence electrons. The van der Waals surface area contributed by atoms with Gasteiger partial charge >= 0.3 is 0 Å². The predicted molar refractivity (Wildman–Crippen MR) is 134 cm³/mol. The summed E-state index contributed by atoms with van der Waals surface area (Å²) in [4.78, 5) is 6.85. The zero-order valence-corrected chi connectivity index (χ0v) is 21.6. The van der Waals surface area contributed by atoms with Crippen LogP contribution in [0.25, 0.3) is 0 Å². The van der Waals surface area contributed by atoms with Crippen molar-refractivity contribution in [1.29, 1.82) is 0 Å². The van der Waals surface area contributed by atoms with Crippen molar-refractivity contribution in [3.05, 3.63) is 23.8 Å². The van der Waals surface area contributed by atoms with Gasteiger partial charge in [-0.05, 0) is 37.0 Å². The first-order valence-corrected chi connectivity index (χ1v) is 11.0. The minimum atomic E-state index is -0.0748. The van der Waals surface area contributed by atoms with Crippen molar-refractivity contribution in [2.24, 2.45) is 4.99 Å². The number of piperidine rings is 1. The molecular formula is C23H38IN3O4.